The van der Waals surface area contributed by atoms with Crippen LogP contribution in [0.4, 0.5) is 0 Å². The molecular weight excluding hydrogens is 292 g/mol. The van der Waals surface area contributed by atoms with E-state index in [0.29, 0.717) is 18.7 Å². The maximum absolute atomic E-state index is 12.2. The second kappa shape index (κ2) is 6.88. The lowest BCUT2D eigenvalue weighted by Crippen LogP contribution is -2.43. The normalized spacial score (nSPS) is 17.8. The third-order valence-electron chi connectivity index (χ3n) is 3.44. The maximum Gasteiger partial charge on any atom is 0.279 e. The van der Waals surface area contributed by atoms with Crippen LogP contribution < -0.4 is 10.5 Å². The van der Waals surface area contributed by atoms with Crippen molar-refractivity contribution in [2.45, 2.75) is 25.8 Å². The van der Waals surface area contributed by atoms with Crippen LogP contribution in [0.5, 0.6) is 0 Å². The zero-order valence-corrected chi connectivity index (χ0v) is 12.5. The summed E-state index contributed by atoms with van der Waals surface area (Å²) in [5, 5.41) is 11.6. The molecule has 116 valence electrons. The Morgan fingerprint density at radius 1 is 1.33 bits per heavy atom. The molecule has 0 aliphatic carbocycles. The van der Waals surface area contributed by atoms with Gasteiger partial charge in [0.25, 0.3) is 10.2 Å². The van der Waals surface area contributed by atoms with Gasteiger partial charge < -0.3 is 10.9 Å². The first kappa shape index (κ1) is 15.7. The molecule has 4 N–H and O–H groups in total. The average Bonchev–Trinajstić information content (AvgIpc) is 2.53. The molecular formula is C13H20N4O3S. The van der Waals surface area contributed by atoms with Crippen LogP contribution >= 0.6 is 0 Å². The highest BCUT2D eigenvalue weighted by Gasteiger charge is 2.23. The summed E-state index contributed by atoms with van der Waals surface area (Å²) in [5.74, 6) is -0.00395. The number of hydrogen-bond acceptors (Lipinski definition) is 4. The molecule has 21 heavy (non-hydrogen) atoms. The molecule has 0 bridgehead atoms. The zero-order valence-electron chi connectivity index (χ0n) is 11.7. The molecule has 8 heteroatoms. The number of hydrogen-bond donors (Lipinski definition) is 3. The van der Waals surface area contributed by atoms with E-state index in [0.717, 1.165) is 24.8 Å². The molecule has 1 aliphatic rings. The molecule has 0 spiro atoms. The first-order valence-electron chi connectivity index (χ1n) is 6.84. The Morgan fingerprint density at radius 3 is 2.71 bits per heavy atom. The number of nitrogens with two attached hydrogens (primary N) is 1. The summed E-state index contributed by atoms with van der Waals surface area (Å²) in [6.07, 6.45) is 2.88. The smallest absolute Gasteiger partial charge is 0.279 e. The van der Waals surface area contributed by atoms with Crippen molar-refractivity contribution in [1.29, 1.82) is 0 Å². The van der Waals surface area contributed by atoms with Crippen LogP contribution in [0.3, 0.4) is 0 Å². The highest BCUT2D eigenvalue weighted by Crippen LogP contribution is 2.12. The first-order chi connectivity index (χ1) is 10.0. The van der Waals surface area contributed by atoms with Crippen LogP contribution in [0.25, 0.3) is 0 Å². The van der Waals surface area contributed by atoms with Gasteiger partial charge >= 0.3 is 0 Å². The standard InChI is InChI=1S/C13H20N4O3S/c14-13(16-18)12-6-4-5-11(9-12)10-15-21(19,20)17-7-2-1-3-8-17/h4-6,9,15,18H,1-3,7-8,10H2,(H2,14,16). The highest BCUT2D eigenvalue weighted by molar-refractivity contribution is 7.87. The van der Waals surface area contributed by atoms with E-state index in [1.54, 1.807) is 24.3 Å². The van der Waals surface area contributed by atoms with Gasteiger partial charge in [0.15, 0.2) is 5.84 Å². The molecule has 0 saturated carbocycles. The fourth-order valence-electron chi connectivity index (χ4n) is 2.27. The van der Waals surface area contributed by atoms with Crippen molar-refractivity contribution < 1.29 is 13.6 Å². The molecule has 1 aromatic rings. The van der Waals surface area contributed by atoms with E-state index in [2.05, 4.69) is 9.88 Å². The van der Waals surface area contributed by atoms with Crippen molar-refractivity contribution in [3.63, 3.8) is 0 Å². The Labute approximate surface area is 124 Å². The monoisotopic (exact) mass is 312 g/mol. The minimum absolute atomic E-state index is 0.00395. The minimum Gasteiger partial charge on any atom is -0.409 e. The Bertz CT molecular complexity index is 610. The van der Waals surface area contributed by atoms with Crippen LogP contribution in [-0.4, -0.2) is 36.9 Å². The van der Waals surface area contributed by atoms with Gasteiger partial charge in [0.1, 0.15) is 0 Å². The van der Waals surface area contributed by atoms with Gasteiger partial charge in [-0.25, -0.2) is 0 Å². The van der Waals surface area contributed by atoms with E-state index in [1.165, 1.54) is 4.31 Å². The third kappa shape index (κ3) is 4.16. The topological polar surface area (TPSA) is 108 Å². The molecule has 1 saturated heterocycles. The Morgan fingerprint density at radius 2 is 2.05 bits per heavy atom. The number of benzene rings is 1. The number of piperidine rings is 1. The molecule has 7 nitrogen and oxygen atoms in total. The van der Waals surface area contributed by atoms with Gasteiger partial charge in [-0.2, -0.15) is 17.4 Å². The predicted octanol–water partition coefficient (Wildman–Crippen LogP) is 0.601. The maximum atomic E-state index is 12.2. The van der Waals surface area contributed by atoms with Crippen molar-refractivity contribution in [1.82, 2.24) is 9.03 Å². The summed E-state index contributed by atoms with van der Waals surface area (Å²) in [6.45, 7) is 1.31. The predicted molar refractivity (Wildman–Crippen MR) is 80.1 cm³/mol. The number of nitrogens with one attached hydrogen (secondary N) is 1. The fourth-order valence-corrected chi connectivity index (χ4v) is 3.54. The van der Waals surface area contributed by atoms with Gasteiger partial charge in [-0.05, 0) is 24.5 Å². The van der Waals surface area contributed by atoms with Gasteiger partial charge in [0.05, 0.1) is 0 Å². The van der Waals surface area contributed by atoms with Crippen molar-refractivity contribution in [3.05, 3.63) is 35.4 Å². The average molecular weight is 312 g/mol. The van der Waals surface area contributed by atoms with Crippen molar-refractivity contribution in [2.24, 2.45) is 10.9 Å². The van der Waals surface area contributed by atoms with E-state index < -0.39 is 10.2 Å². The summed E-state index contributed by atoms with van der Waals surface area (Å²) >= 11 is 0. The lowest BCUT2D eigenvalue weighted by molar-refractivity contribution is 0.318. The van der Waals surface area contributed by atoms with Crippen LogP contribution in [0.2, 0.25) is 0 Å². The fraction of sp³-hybridized carbons (Fsp3) is 0.462. The third-order valence-corrected chi connectivity index (χ3v) is 5.00. The van der Waals surface area contributed by atoms with E-state index in [-0.39, 0.29) is 12.4 Å². The second-order valence-corrected chi connectivity index (χ2v) is 6.73. The lowest BCUT2D eigenvalue weighted by Gasteiger charge is -2.25. The summed E-state index contributed by atoms with van der Waals surface area (Å²) in [4.78, 5) is 0. The Balaban J connectivity index is 2.02. The van der Waals surface area contributed by atoms with Crippen LogP contribution in [0.1, 0.15) is 30.4 Å². The highest BCUT2D eigenvalue weighted by atomic mass is 32.2. The van der Waals surface area contributed by atoms with Gasteiger partial charge in [-0.3, -0.25) is 0 Å². The second-order valence-electron chi connectivity index (χ2n) is 4.97. The Kier molecular flexibility index (Phi) is 5.16. The van der Waals surface area contributed by atoms with Crippen LogP contribution in [0.15, 0.2) is 29.4 Å². The van der Waals surface area contributed by atoms with E-state index in [9.17, 15) is 8.42 Å². The quantitative estimate of drug-likeness (QED) is 0.320. The first-order valence-corrected chi connectivity index (χ1v) is 8.28. The molecule has 2 rings (SSSR count). The summed E-state index contributed by atoms with van der Waals surface area (Å²) in [7, 11) is -3.45. The largest absolute Gasteiger partial charge is 0.409 e. The molecule has 1 aromatic carbocycles. The Hall–Kier alpha value is -1.64. The van der Waals surface area contributed by atoms with Crippen molar-refractivity contribution in [3.8, 4) is 0 Å². The molecule has 1 heterocycles. The van der Waals surface area contributed by atoms with E-state index >= 15 is 0 Å². The molecule has 0 unspecified atom stereocenters. The van der Waals surface area contributed by atoms with Crippen LogP contribution in [-0.2, 0) is 16.8 Å². The number of rotatable bonds is 5. The summed E-state index contributed by atoms with van der Waals surface area (Å²) in [6, 6.07) is 6.90. The molecule has 0 atom stereocenters. The van der Waals surface area contributed by atoms with E-state index in [4.69, 9.17) is 10.9 Å². The molecule has 0 amide bonds. The van der Waals surface area contributed by atoms with Gasteiger partial charge in [0.2, 0.25) is 0 Å². The lowest BCUT2D eigenvalue weighted by atomic mass is 10.1. The zero-order chi connectivity index (χ0) is 15.3. The molecule has 1 fully saturated rings. The molecule has 0 radical (unpaired) electrons. The summed E-state index contributed by atoms with van der Waals surface area (Å²) in [5.41, 5.74) is 6.81. The van der Waals surface area contributed by atoms with Crippen LogP contribution in [0, 0.1) is 0 Å². The van der Waals surface area contributed by atoms with Crippen molar-refractivity contribution in [2.75, 3.05) is 13.1 Å². The summed E-state index contributed by atoms with van der Waals surface area (Å²) < 4.78 is 28.4. The van der Waals surface area contributed by atoms with Gasteiger partial charge in [0, 0.05) is 25.2 Å². The SMILES string of the molecule is NC(=NO)c1cccc(CNS(=O)(=O)N2CCCCC2)c1. The van der Waals surface area contributed by atoms with E-state index in [1.807, 2.05) is 0 Å². The molecule has 0 aromatic heterocycles. The number of nitrogens with zero attached hydrogens (tertiary/aromatic N) is 2. The number of oxime groups is 1. The van der Waals surface area contributed by atoms with Gasteiger partial charge in [-0.1, -0.05) is 29.8 Å². The van der Waals surface area contributed by atoms with Gasteiger partial charge in [-0.15, -0.1) is 0 Å². The number of amidine groups is 1. The molecule has 1 aliphatic heterocycles. The minimum atomic E-state index is -3.45. The van der Waals surface area contributed by atoms with Crippen molar-refractivity contribution >= 4 is 16.0 Å².